The highest BCUT2D eigenvalue weighted by molar-refractivity contribution is 9.10. The van der Waals surface area contributed by atoms with Crippen molar-refractivity contribution in [3.8, 4) is 0 Å². The Morgan fingerprint density at radius 3 is 2.78 bits per heavy atom. The summed E-state index contributed by atoms with van der Waals surface area (Å²) in [5.74, 6) is -1.62. The molecular weight excluding hydrogens is 421 g/mol. The molecule has 3 aromatic rings. The first-order valence-corrected chi connectivity index (χ1v) is 8.69. The van der Waals surface area contributed by atoms with Gasteiger partial charge in [0.15, 0.2) is 5.82 Å². The van der Waals surface area contributed by atoms with Crippen molar-refractivity contribution in [3.05, 3.63) is 64.3 Å². The standard InChI is InChI=1S/C17H15BrFN5O3/c1-10(17(26)27)24-8-12(6-20-24)16(25)21-15-13(18)9-23(22-15)7-11-4-2-3-5-14(11)19/h2-6,8-10H,7H2,1H3,(H,26,27)(H,21,22,25). The summed E-state index contributed by atoms with van der Waals surface area (Å²) >= 11 is 3.31. The summed E-state index contributed by atoms with van der Waals surface area (Å²) in [5, 5.41) is 19.7. The van der Waals surface area contributed by atoms with Crippen molar-refractivity contribution < 1.29 is 19.1 Å². The third-order valence-electron chi connectivity index (χ3n) is 3.86. The van der Waals surface area contributed by atoms with Gasteiger partial charge in [0.1, 0.15) is 11.9 Å². The molecule has 0 radical (unpaired) electrons. The van der Waals surface area contributed by atoms with E-state index in [0.29, 0.717) is 10.0 Å². The van der Waals surface area contributed by atoms with Gasteiger partial charge in [-0.3, -0.25) is 14.2 Å². The zero-order chi connectivity index (χ0) is 19.6. The molecular formula is C17H15BrFN5O3. The molecule has 3 rings (SSSR count). The highest BCUT2D eigenvalue weighted by Crippen LogP contribution is 2.22. The Morgan fingerprint density at radius 1 is 1.33 bits per heavy atom. The van der Waals surface area contributed by atoms with Crippen LogP contribution in [0.1, 0.15) is 28.9 Å². The van der Waals surface area contributed by atoms with Crippen molar-refractivity contribution in [1.82, 2.24) is 19.6 Å². The number of carbonyl (C=O) groups excluding carboxylic acids is 1. The van der Waals surface area contributed by atoms with E-state index in [1.54, 1.807) is 24.4 Å². The molecule has 0 aliphatic rings. The highest BCUT2D eigenvalue weighted by Gasteiger charge is 2.18. The molecule has 2 aromatic heterocycles. The van der Waals surface area contributed by atoms with E-state index in [1.165, 1.54) is 34.7 Å². The van der Waals surface area contributed by atoms with Crippen molar-refractivity contribution in [2.45, 2.75) is 19.5 Å². The minimum absolute atomic E-state index is 0.193. The third-order valence-corrected chi connectivity index (χ3v) is 4.44. The molecule has 0 bridgehead atoms. The van der Waals surface area contributed by atoms with Gasteiger partial charge in [-0.05, 0) is 28.9 Å². The van der Waals surface area contributed by atoms with Crippen LogP contribution in [-0.4, -0.2) is 36.5 Å². The van der Waals surface area contributed by atoms with E-state index < -0.39 is 17.9 Å². The lowest BCUT2D eigenvalue weighted by Crippen LogP contribution is -2.16. The van der Waals surface area contributed by atoms with Crippen LogP contribution < -0.4 is 5.32 Å². The van der Waals surface area contributed by atoms with Crippen LogP contribution >= 0.6 is 15.9 Å². The third kappa shape index (κ3) is 4.22. The molecule has 0 fully saturated rings. The van der Waals surface area contributed by atoms with Crippen LogP contribution in [0.25, 0.3) is 0 Å². The first kappa shape index (κ1) is 18.8. The first-order valence-electron chi connectivity index (χ1n) is 7.90. The Hall–Kier alpha value is -3.01. The molecule has 1 atom stereocenters. The molecule has 140 valence electrons. The number of benzene rings is 1. The molecule has 10 heteroatoms. The second-order valence-electron chi connectivity index (χ2n) is 5.79. The molecule has 0 spiro atoms. The van der Waals surface area contributed by atoms with E-state index in [9.17, 15) is 14.0 Å². The maximum Gasteiger partial charge on any atom is 0.328 e. The summed E-state index contributed by atoms with van der Waals surface area (Å²) in [7, 11) is 0. The Balaban J connectivity index is 1.73. The zero-order valence-corrected chi connectivity index (χ0v) is 15.7. The van der Waals surface area contributed by atoms with Crippen LogP contribution in [0.15, 0.2) is 47.3 Å². The Kier molecular flexibility index (Phi) is 5.36. The van der Waals surface area contributed by atoms with Gasteiger partial charge in [-0.2, -0.15) is 10.2 Å². The molecule has 0 aliphatic carbocycles. The summed E-state index contributed by atoms with van der Waals surface area (Å²) in [6.45, 7) is 1.66. The van der Waals surface area contributed by atoms with Gasteiger partial charge in [0.05, 0.1) is 22.8 Å². The average Bonchev–Trinajstić information content (AvgIpc) is 3.24. The van der Waals surface area contributed by atoms with Crippen molar-refractivity contribution in [1.29, 1.82) is 0 Å². The first-order chi connectivity index (χ1) is 12.8. The number of halogens is 2. The predicted molar refractivity (Wildman–Crippen MR) is 98.0 cm³/mol. The molecule has 1 amide bonds. The van der Waals surface area contributed by atoms with Gasteiger partial charge in [0, 0.05) is 18.0 Å². The lowest BCUT2D eigenvalue weighted by Gasteiger charge is -2.05. The van der Waals surface area contributed by atoms with Crippen LogP contribution in [0.5, 0.6) is 0 Å². The predicted octanol–water partition coefficient (Wildman–Crippen LogP) is 2.93. The summed E-state index contributed by atoms with van der Waals surface area (Å²) in [5.41, 5.74) is 0.660. The molecule has 0 saturated carbocycles. The minimum Gasteiger partial charge on any atom is -0.480 e. The van der Waals surface area contributed by atoms with Crippen molar-refractivity contribution >= 4 is 33.6 Å². The number of carboxylic acid groups (broad SMARTS) is 1. The molecule has 0 saturated heterocycles. The lowest BCUT2D eigenvalue weighted by molar-refractivity contribution is -0.140. The number of nitrogens with one attached hydrogen (secondary N) is 1. The topological polar surface area (TPSA) is 102 Å². The van der Waals surface area contributed by atoms with Gasteiger partial charge in [0.25, 0.3) is 5.91 Å². The number of nitrogens with zero attached hydrogens (tertiary/aromatic N) is 4. The number of aliphatic carboxylic acids is 1. The summed E-state index contributed by atoms with van der Waals surface area (Å²) in [6, 6.07) is 5.47. The van der Waals surface area contributed by atoms with E-state index in [-0.39, 0.29) is 23.7 Å². The van der Waals surface area contributed by atoms with E-state index in [2.05, 4.69) is 31.4 Å². The SMILES string of the molecule is CC(C(=O)O)n1cc(C(=O)Nc2nn(Cc3ccccc3F)cc2Br)cn1. The summed E-state index contributed by atoms with van der Waals surface area (Å²) in [4.78, 5) is 23.3. The fourth-order valence-electron chi connectivity index (χ4n) is 2.32. The van der Waals surface area contributed by atoms with Gasteiger partial charge in [-0.15, -0.1) is 0 Å². The largest absolute Gasteiger partial charge is 0.480 e. The smallest absolute Gasteiger partial charge is 0.328 e. The molecule has 0 aliphatic heterocycles. The molecule has 2 N–H and O–H groups in total. The van der Waals surface area contributed by atoms with Gasteiger partial charge < -0.3 is 10.4 Å². The quantitative estimate of drug-likeness (QED) is 0.619. The number of hydrogen-bond acceptors (Lipinski definition) is 4. The number of rotatable bonds is 6. The van der Waals surface area contributed by atoms with Crippen LogP contribution in [0, 0.1) is 5.82 Å². The van der Waals surface area contributed by atoms with Crippen LogP contribution in [-0.2, 0) is 11.3 Å². The second kappa shape index (κ2) is 7.70. The normalized spacial score (nSPS) is 12.0. The summed E-state index contributed by atoms with van der Waals surface area (Å²) < 4.78 is 17.0. The number of hydrogen-bond donors (Lipinski definition) is 2. The number of anilines is 1. The Bertz CT molecular complexity index is 1000. The highest BCUT2D eigenvalue weighted by atomic mass is 79.9. The van der Waals surface area contributed by atoms with Crippen LogP contribution in [0.3, 0.4) is 0 Å². The molecule has 27 heavy (non-hydrogen) atoms. The number of amides is 1. The monoisotopic (exact) mass is 435 g/mol. The fraction of sp³-hybridized carbons (Fsp3) is 0.176. The van der Waals surface area contributed by atoms with Crippen LogP contribution in [0.4, 0.5) is 10.2 Å². The van der Waals surface area contributed by atoms with Crippen molar-refractivity contribution in [2.75, 3.05) is 5.32 Å². The van der Waals surface area contributed by atoms with E-state index >= 15 is 0 Å². The second-order valence-corrected chi connectivity index (χ2v) is 6.65. The van der Waals surface area contributed by atoms with Crippen molar-refractivity contribution in [2.24, 2.45) is 0 Å². The Morgan fingerprint density at radius 2 is 2.07 bits per heavy atom. The van der Waals surface area contributed by atoms with Gasteiger partial charge in [-0.25, -0.2) is 9.18 Å². The Labute approximate surface area is 161 Å². The molecule has 1 unspecified atom stereocenters. The summed E-state index contributed by atoms with van der Waals surface area (Å²) in [6.07, 6.45) is 4.25. The van der Waals surface area contributed by atoms with Gasteiger partial charge in [0.2, 0.25) is 0 Å². The molecule has 8 nitrogen and oxygen atoms in total. The maximum absolute atomic E-state index is 13.8. The van der Waals surface area contributed by atoms with Gasteiger partial charge >= 0.3 is 5.97 Å². The van der Waals surface area contributed by atoms with E-state index in [4.69, 9.17) is 5.11 Å². The number of aromatic nitrogens is 4. The minimum atomic E-state index is -1.06. The van der Waals surface area contributed by atoms with E-state index in [0.717, 1.165) is 0 Å². The molecule has 1 aromatic carbocycles. The van der Waals surface area contributed by atoms with Gasteiger partial charge in [-0.1, -0.05) is 18.2 Å². The zero-order valence-electron chi connectivity index (χ0n) is 14.1. The van der Waals surface area contributed by atoms with Crippen molar-refractivity contribution in [3.63, 3.8) is 0 Å². The maximum atomic E-state index is 13.8. The van der Waals surface area contributed by atoms with Crippen LogP contribution in [0.2, 0.25) is 0 Å². The number of carbonyl (C=O) groups is 2. The molecule has 2 heterocycles. The van der Waals surface area contributed by atoms with E-state index in [1.807, 2.05) is 0 Å². The lowest BCUT2D eigenvalue weighted by atomic mass is 10.2. The average molecular weight is 436 g/mol. The number of carboxylic acids is 1. The fourth-order valence-corrected chi connectivity index (χ4v) is 2.74.